The lowest BCUT2D eigenvalue weighted by Crippen LogP contribution is -1.97. The average Bonchev–Trinajstić information content (AvgIpc) is 2.66. The van der Waals surface area contributed by atoms with Crippen LogP contribution in [0, 0.1) is 0 Å². The Labute approximate surface area is 100 Å². The van der Waals surface area contributed by atoms with Gasteiger partial charge in [0, 0.05) is 23.8 Å². The first kappa shape index (κ1) is 12.8. The molecule has 0 aliphatic heterocycles. The Morgan fingerprint density at radius 2 is 2.20 bits per heavy atom. The number of hydrogen-bond donors (Lipinski definition) is 1. The molecule has 0 atom stereocenters. The highest BCUT2D eigenvalue weighted by molar-refractivity contribution is 7.98. The average molecular weight is 245 g/mol. The Kier molecular flexibility index (Phi) is 6.76. The molecular formula is C10H19N3S2. The Morgan fingerprint density at radius 3 is 2.93 bits per heavy atom. The summed E-state index contributed by atoms with van der Waals surface area (Å²) < 4.78 is 3.97. The van der Waals surface area contributed by atoms with E-state index in [4.69, 9.17) is 0 Å². The molecule has 0 unspecified atom stereocenters. The van der Waals surface area contributed by atoms with E-state index in [1.807, 2.05) is 11.8 Å². The van der Waals surface area contributed by atoms with E-state index in [2.05, 4.69) is 28.8 Å². The zero-order valence-electron chi connectivity index (χ0n) is 9.45. The minimum atomic E-state index is 0.942. The summed E-state index contributed by atoms with van der Waals surface area (Å²) >= 11 is 3.41. The summed E-state index contributed by atoms with van der Waals surface area (Å²) in [5.74, 6) is 2.22. The van der Waals surface area contributed by atoms with Crippen LogP contribution in [0.25, 0.3) is 0 Å². The van der Waals surface area contributed by atoms with Gasteiger partial charge in [0.2, 0.25) is 0 Å². The number of anilines is 1. The Hall–Kier alpha value is -0.290. The van der Waals surface area contributed by atoms with Crippen LogP contribution in [0.1, 0.15) is 38.8 Å². The van der Waals surface area contributed by atoms with Crippen LogP contribution >= 0.6 is 23.3 Å². The number of unbranched alkanes of at least 4 members (excludes halogenated alkanes) is 2. The van der Waals surface area contributed by atoms with Gasteiger partial charge in [0.05, 0.1) is 0 Å². The first-order valence-corrected chi connectivity index (χ1v) is 7.44. The number of nitrogens with zero attached hydrogens (tertiary/aromatic N) is 2. The quantitative estimate of drug-likeness (QED) is 0.712. The van der Waals surface area contributed by atoms with E-state index in [9.17, 15) is 0 Å². The van der Waals surface area contributed by atoms with Gasteiger partial charge < -0.3 is 5.32 Å². The monoisotopic (exact) mass is 245 g/mol. The largest absolute Gasteiger partial charge is 0.374 e. The summed E-state index contributed by atoms with van der Waals surface area (Å²) in [5.41, 5.74) is 1.11. The van der Waals surface area contributed by atoms with Crippen molar-refractivity contribution in [1.82, 2.24) is 9.59 Å². The third-order valence-corrected chi connectivity index (χ3v) is 3.80. The van der Waals surface area contributed by atoms with Crippen LogP contribution in [-0.2, 0) is 5.75 Å². The lowest BCUT2D eigenvalue weighted by atomic mass is 10.3. The van der Waals surface area contributed by atoms with E-state index in [0.717, 1.165) is 23.0 Å². The molecule has 5 heteroatoms. The molecule has 3 nitrogen and oxygen atoms in total. The summed E-state index contributed by atoms with van der Waals surface area (Å²) in [4.78, 5) is 0. The summed E-state index contributed by atoms with van der Waals surface area (Å²) in [7, 11) is 0. The third-order valence-electron chi connectivity index (χ3n) is 2.02. The minimum absolute atomic E-state index is 0.942. The molecule has 0 radical (unpaired) electrons. The SMILES string of the molecule is CCCCCSCc1nnsc1NCC. The molecule has 1 aromatic rings. The fraction of sp³-hybridized carbons (Fsp3) is 0.800. The van der Waals surface area contributed by atoms with Gasteiger partial charge in [0.1, 0.15) is 10.7 Å². The molecule has 15 heavy (non-hydrogen) atoms. The number of hydrogen-bond acceptors (Lipinski definition) is 5. The van der Waals surface area contributed by atoms with Gasteiger partial charge >= 0.3 is 0 Å². The van der Waals surface area contributed by atoms with Crippen LogP contribution in [0.15, 0.2) is 0 Å². The highest BCUT2D eigenvalue weighted by Gasteiger charge is 2.06. The highest BCUT2D eigenvalue weighted by Crippen LogP contribution is 2.22. The molecule has 0 saturated heterocycles. The van der Waals surface area contributed by atoms with Crippen LogP contribution in [0.2, 0.25) is 0 Å². The second-order valence-corrected chi connectivity index (χ2v) is 5.20. The van der Waals surface area contributed by atoms with Crippen LogP contribution in [0.3, 0.4) is 0 Å². The maximum Gasteiger partial charge on any atom is 0.134 e. The zero-order valence-corrected chi connectivity index (χ0v) is 11.1. The zero-order chi connectivity index (χ0) is 10.9. The number of thioether (sulfide) groups is 1. The second kappa shape index (κ2) is 7.93. The van der Waals surface area contributed by atoms with Gasteiger partial charge in [-0.15, -0.1) is 5.10 Å². The molecule has 0 fully saturated rings. The van der Waals surface area contributed by atoms with Crippen LogP contribution in [0.5, 0.6) is 0 Å². The van der Waals surface area contributed by atoms with Crippen molar-refractivity contribution < 1.29 is 0 Å². The van der Waals surface area contributed by atoms with Crippen molar-refractivity contribution in [2.75, 3.05) is 17.6 Å². The van der Waals surface area contributed by atoms with E-state index in [0.29, 0.717) is 0 Å². The molecule has 1 N–H and O–H groups in total. The van der Waals surface area contributed by atoms with Crippen molar-refractivity contribution in [2.45, 2.75) is 38.9 Å². The normalized spacial score (nSPS) is 10.5. The molecule has 86 valence electrons. The molecule has 0 spiro atoms. The number of aromatic nitrogens is 2. The van der Waals surface area contributed by atoms with Crippen molar-refractivity contribution in [3.05, 3.63) is 5.69 Å². The Balaban J connectivity index is 2.21. The fourth-order valence-electron chi connectivity index (χ4n) is 1.22. The smallest absolute Gasteiger partial charge is 0.134 e. The maximum atomic E-state index is 4.14. The van der Waals surface area contributed by atoms with Gasteiger partial charge in [-0.25, -0.2) is 0 Å². The van der Waals surface area contributed by atoms with Gasteiger partial charge in [-0.1, -0.05) is 24.3 Å². The van der Waals surface area contributed by atoms with Crippen molar-refractivity contribution in [3.63, 3.8) is 0 Å². The van der Waals surface area contributed by atoms with Gasteiger partial charge in [0.25, 0.3) is 0 Å². The molecule has 0 aromatic carbocycles. The van der Waals surface area contributed by atoms with Crippen LogP contribution in [0.4, 0.5) is 5.00 Å². The highest BCUT2D eigenvalue weighted by atomic mass is 32.2. The van der Waals surface area contributed by atoms with Gasteiger partial charge in [-0.05, 0) is 19.1 Å². The lowest BCUT2D eigenvalue weighted by molar-refractivity contribution is 0.778. The van der Waals surface area contributed by atoms with Gasteiger partial charge in [0.15, 0.2) is 0 Å². The van der Waals surface area contributed by atoms with Crippen molar-refractivity contribution >= 4 is 28.3 Å². The molecule has 1 rings (SSSR count). The first-order chi connectivity index (χ1) is 7.38. The molecule has 0 bridgehead atoms. The van der Waals surface area contributed by atoms with Crippen molar-refractivity contribution in [2.24, 2.45) is 0 Å². The van der Waals surface area contributed by atoms with E-state index in [1.54, 1.807) is 0 Å². The Bertz CT molecular complexity index is 263. The predicted molar refractivity (Wildman–Crippen MR) is 69.8 cm³/mol. The molecule has 0 amide bonds. The molecule has 0 saturated carbocycles. The van der Waals surface area contributed by atoms with E-state index in [1.165, 1.54) is 36.5 Å². The van der Waals surface area contributed by atoms with E-state index in [-0.39, 0.29) is 0 Å². The summed E-state index contributed by atoms with van der Waals surface area (Å²) in [6.07, 6.45) is 3.94. The summed E-state index contributed by atoms with van der Waals surface area (Å²) in [6, 6.07) is 0. The van der Waals surface area contributed by atoms with E-state index >= 15 is 0 Å². The molecule has 0 aliphatic rings. The van der Waals surface area contributed by atoms with E-state index < -0.39 is 0 Å². The van der Waals surface area contributed by atoms with Crippen LogP contribution < -0.4 is 5.32 Å². The summed E-state index contributed by atoms with van der Waals surface area (Å²) in [5, 5.41) is 8.57. The standard InChI is InChI=1S/C10H19N3S2/c1-3-5-6-7-14-8-9-10(11-4-2)15-13-12-9/h11H,3-8H2,1-2H3. The fourth-order valence-corrected chi connectivity index (χ4v) is 2.91. The molecular weight excluding hydrogens is 226 g/mol. The molecule has 1 heterocycles. The predicted octanol–water partition coefficient (Wildman–Crippen LogP) is 3.39. The van der Waals surface area contributed by atoms with Crippen LogP contribution in [-0.4, -0.2) is 21.9 Å². The topological polar surface area (TPSA) is 37.8 Å². The Morgan fingerprint density at radius 1 is 1.33 bits per heavy atom. The number of nitrogens with one attached hydrogen (secondary N) is 1. The first-order valence-electron chi connectivity index (χ1n) is 5.51. The molecule has 0 aliphatic carbocycles. The van der Waals surface area contributed by atoms with Gasteiger partial charge in [-0.3, -0.25) is 0 Å². The second-order valence-electron chi connectivity index (χ2n) is 3.34. The minimum Gasteiger partial charge on any atom is -0.374 e. The summed E-state index contributed by atoms with van der Waals surface area (Å²) in [6.45, 7) is 5.27. The molecule has 1 aromatic heterocycles. The number of rotatable bonds is 8. The lowest BCUT2D eigenvalue weighted by Gasteiger charge is -2.02. The van der Waals surface area contributed by atoms with Crippen molar-refractivity contribution in [3.8, 4) is 0 Å². The third kappa shape index (κ3) is 4.84. The van der Waals surface area contributed by atoms with Gasteiger partial charge in [-0.2, -0.15) is 11.8 Å². The van der Waals surface area contributed by atoms with Crippen molar-refractivity contribution in [1.29, 1.82) is 0 Å². The maximum absolute atomic E-state index is 4.14.